The standard InChI is InChI=1S/C19H15N3O7/c23-15(20-12-5-2-1-3-6-12)11-29-16(24)9-10-21-18(25)13-7-4-8-14(22(27)28)17(13)19(21)26/h1-8H,9-11H2,(H,20,23). The first kappa shape index (κ1) is 19.7. The van der Waals surface area contributed by atoms with Gasteiger partial charge in [0.25, 0.3) is 23.4 Å². The van der Waals surface area contributed by atoms with Crippen LogP contribution in [0, 0.1) is 10.1 Å². The summed E-state index contributed by atoms with van der Waals surface area (Å²) in [6, 6.07) is 12.3. The minimum absolute atomic E-state index is 0.0835. The molecule has 3 amide bonds. The highest BCUT2D eigenvalue weighted by atomic mass is 16.6. The van der Waals surface area contributed by atoms with E-state index in [1.807, 2.05) is 0 Å². The molecule has 0 fully saturated rings. The molecular weight excluding hydrogens is 382 g/mol. The van der Waals surface area contributed by atoms with Gasteiger partial charge in [-0.05, 0) is 18.2 Å². The van der Waals surface area contributed by atoms with Gasteiger partial charge < -0.3 is 10.1 Å². The summed E-state index contributed by atoms with van der Waals surface area (Å²) < 4.78 is 4.84. The van der Waals surface area contributed by atoms with Crippen molar-refractivity contribution in [2.75, 3.05) is 18.5 Å². The molecule has 2 aromatic rings. The Kier molecular flexibility index (Phi) is 5.63. The third kappa shape index (κ3) is 4.26. The van der Waals surface area contributed by atoms with E-state index in [4.69, 9.17) is 4.74 Å². The smallest absolute Gasteiger partial charge is 0.308 e. The lowest BCUT2D eigenvalue weighted by molar-refractivity contribution is -0.385. The number of hydrogen-bond donors (Lipinski definition) is 1. The molecule has 1 aliphatic heterocycles. The largest absolute Gasteiger partial charge is 0.456 e. The van der Waals surface area contributed by atoms with Gasteiger partial charge >= 0.3 is 5.97 Å². The van der Waals surface area contributed by atoms with E-state index in [0.29, 0.717) is 5.69 Å². The number of para-hydroxylation sites is 1. The predicted molar refractivity (Wildman–Crippen MR) is 99.1 cm³/mol. The van der Waals surface area contributed by atoms with Crippen LogP contribution in [0.1, 0.15) is 27.1 Å². The summed E-state index contributed by atoms with van der Waals surface area (Å²) >= 11 is 0. The molecule has 0 saturated carbocycles. The highest BCUT2D eigenvalue weighted by Crippen LogP contribution is 2.30. The minimum atomic E-state index is -0.841. The maximum absolute atomic E-state index is 12.4. The third-order valence-corrected chi connectivity index (χ3v) is 4.14. The molecular formula is C19H15N3O7. The lowest BCUT2D eigenvalue weighted by Crippen LogP contribution is -2.32. The Morgan fingerprint density at radius 3 is 2.45 bits per heavy atom. The van der Waals surface area contributed by atoms with Crippen molar-refractivity contribution in [1.82, 2.24) is 4.90 Å². The van der Waals surface area contributed by atoms with Gasteiger partial charge in [0, 0.05) is 18.3 Å². The fraction of sp³-hybridized carbons (Fsp3) is 0.158. The number of amides is 3. The van der Waals surface area contributed by atoms with Crippen molar-refractivity contribution < 1.29 is 28.8 Å². The van der Waals surface area contributed by atoms with Gasteiger partial charge in [0.15, 0.2) is 6.61 Å². The van der Waals surface area contributed by atoms with Gasteiger partial charge in [-0.15, -0.1) is 0 Å². The normalized spacial score (nSPS) is 12.5. The Morgan fingerprint density at radius 1 is 1.03 bits per heavy atom. The molecule has 10 nitrogen and oxygen atoms in total. The van der Waals surface area contributed by atoms with Gasteiger partial charge in [-0.3, -0.25) is 34.2 Å². The van der Waals surface area contributed by atoms with Crippen LogP contribution >= 0.6 is 0 Å². The number of rotatable bonds is 7. The quantitative estimate of drug-likeness (QED) is 0.325. The van der Waals surface area contributed by atoms with Gasteiger partial charge in [0.05, 0.1) is 16.9 Å². The summed E-state index contributed by atoms with van der Waals surface area (Å²) in [5, 5.41) is 13.6. The van der Waals surface area contributed by atoms with Crippen LogP contribution in [0.3, 0.4) is 0 Å². The third-order valence-electron chi connectivity index (χ3n) is 4.14. The van der Waals surface area contributed by atoms with Crippen LogP contribution in [0.2, 0.25) is 0 Å². The number of carbonyl (C=O) groups excluding carboxylic acids is 4. The molecule has 0 spiro atoms. The molecule has 1 aliphatic rings. The highest BCUT2D eigenvalue weighted by molar-refractivity contribution is 6.23. The number of nitrogens with one attached hydrogen (secondary N) is 1. The molecule has 0 saturated heterocycles. The van der Waals surface area contributed by atoms with Crippen molar-refractivity contribution in [3.8, 4) is 0 Å². The molecule has 0 atom stereocenters. The van der Waals surface area contributed by atoms with Crippen molar-refractivity contribution >= 4 is 35.1 Å². The number of nitro benzene ring substituents is 1. The van der Waals surface area contributed by atoms with E-state index < -0.39 is 40.9 Å². The second kappa shape index (κ2) is 8.30. The Hall–Kier alpha value is -4.08. The number of carbonyl (C=O) groups is 4. The molecule has 0 radical (unpaired) electrons. The fourth-order valence-electron chi connectivity index (χ4n) is 2.81. The van der Waals surface area contributed by atoms with Crippen molar-refractivity contribution in [2.45, 2.75) is 6.42 Å². The van der Waals surface area contributed by atoms with Crippen LogP contribution in [0.15, 0.2) is 48.5 Å². The molecule has 0 bridgehead atoms. The average molecular weight is 397 g/mol. The average Bonchev–Trinajstić information content (AvgIpc) is 2.95. The number of fused-ring (bicyclic) bond motifs is 1. The van der Waals surface area contributed by atoms with E-state index in [-0.39, 0.29) is 24.1 Å². The molecule has 10 heteroatoms. The van der Waals surface area contributed by atoms with Crippen molar-refractivity contribution in [3.63, 3.8) is 0 Å². The maximum atomic E-state index is 12.4. The minimum Gasteiger partial charge on any atom is -0.456 e. The summed E-state index contributed by atoms with van der Waals surface area (Å²) in [5.74, 6) is -2.89. The number of benzene rings is 2. The van der Waals surface area contributed by atoms with E-state index in [0.717, 1.165) is 11.0 Å². The Labute approximate surface area is 164 Å². The molecule has 3 rings (SSSR count). The van der Waals surface area contributed by atoms with E-state index >= 15 is 0 Å². The van der Waals surface area contributed by atoms with Crippen LogP contribution in [-0.2, 0) is 14.3 Å². The first-order valence-electron chi connectivity index (χ1n) is 8.52. The Balaban J connectivity index is 1.53. The number of hydrogen-bond acceptors (Lipinski definition) is 7. The number of nitrogens with zero attached hydrogens (tertiary/aromatic N) is 2. The summed E-state index contributed by atoms with van der Waals surface area (Å²) in [4.78, 5) is 59.4. The highest BCUT2D eigenvalue weighted by Gasteiger charge is 2.40. The van der Waals surface area contributed by atoms with Crippen molar-refractivity contribution in [2.24, 2.45) is 0 Å². The van der Waals surface area contributed by atoms with Crippen LogP contribution in [0.4, 0.5) is 11.4 Å². The number of anilines is 1. The maximum Gasteiger partial charge on any atom is 0.308 e. The van der Waals surface area contributed by atoms with E-state index in [9.17, 15) is 29.3 Å². The van der Waals surface area contributed by atoms with Crippen molar-refractivity contribution in [3.05, 3.63) is 69.8 Å². The number of nitro groups is 1. The molecule has 1 heterocycles. The molecule has 1 N–H and O–H groups in total. The van der Waals surface area contributed by atoms with Crippen LogP contribution in [0.25, 0.3) is 0 Å². The SMILES string of the molecule is O=C(COC(=O)CCN1C(=O)c2cccc([N+](=O)[O-])c2C1=O)Nc1ccccc1. The molecule has 148 valence electrons. The summed E-state index contributed by atoms with van der Waals surface area (Å²) in [7, 11) is 0. The van der Waals surface area contributed by atoms with Gasteiger partial charge in [0.2, 0.25) is 0 Å². The number of imide groups is 1. The van der Waals surface area contributed by atoms with E-state index in [1.54, 1.807) is 30.3 Å². The molecule has 2 aromatic carbocycles. The lowest BCUT2D eigenvalue weighted by atomic mass is 10.1. The van der Waals surface area contributed by atoms with Crippen LogP contribution in [-0.4, -0.2) is 46.7 Å². The van der Waals surface area contributed by atoms with E-state index in [1.165, 1.54) is 12.1 Å². The fourth-order valence-corrected chi connectivity index (χ4v) is 2.81. The van der Waals surface area contributed by atoms with Gasteiger partial charge in [-0.2, -0.15) is 0 Å². The summed E-state index contributed by atoms with van der Waals surface area (Å²) in [5.41, 5.74) is -0.303. The van der Waals surface area contributed by atoms with Gasteiger partial charge in [0.1, 0.15) is 5.56 Å². The zero-order chi connectivity index (χ0) is 21.0. The van der Waals surface area contributed by atoms with Crippen LogP contribution in [0.5, 0.6) is 0 Å². The summed E-state index contributed by atoms with van der Waals surface area (Å²) in [6.07, 6.45) is -0.349. The predicted octanol–water partition coefficient (Wildman–Crippen LogP) is 1.76. The zero-order valence-corrected chi connectivity index (χ0v) is 15.0. The van der Waals surface area contributed by atoms with Crippen molar-refractivity contribution in [1.29, 1.82) is 0 Å². The van der Waals surface area contributed by atoms with Gasteiger partial charge in [-0.25, -0.2) is 0 Å². The first-order chi connectivity index (χ1) is 13.9. The number of esters is 1. The second-order valence-corrected chi connectivity index (χ2v) is 6.04. The lowest BCUT2D eigenvalue weighted by Gasteiger charge is -2.13. The van der Waals surface area contributed by atoms with Gasteiger partial charge in [-0.1, -0.05) is 24.3 Å². The topological polar surface area (TPSA) is 136 Å². The molecule has 0 aliphatic carbocycles. The summed E-state index contributed by atoms with van der Waals surface area (Å²) in [6.45, 7) is -0.843. The van der Waals surface area contributed by atoms with Crippen LogP contribution < -0.4 is 5.32 Å². The zero-order valence-electron chi connectivity index (χ0n) is 15.0. The Bertz CT molecular complexity index is 1000. The first-order valence-corrected chi connectivity index (χ1v) is 8.52. The van der Waals surface area contributed by atoms with E-state index in [2.05, 4.69) is 5.32 Å². The molecule has 0 aromatic heterocycles. The molecule has 0 unspecified atom stereocenters. The molecule has 29 heavy (non-hydrogen) atoms. The number of ether oxygens (including phenoxy) is 1. The Morgan fingerprint density at radius 2 is 1.76 bits per heavy atom. The second-order valence-electron chi connectivity index (χ2n) is 6.04. The monoisotopic (exact) mass is 397 g/mol.